The van der Waals surface area contributed by atoms with Crippen molar-refractivity contribution in [3.05, 3.63) is 54.5 Å². The van der Waals surface area contributed by atoms with Crippen LogP contribution >= 0.6 is 0 Å². The van der Waals surface area contributed by atoms with Gasteiger partial charge in [-0.1, -0.05) is 0 Å². The number of pyridine rings is 2. The summed E-state index contributed by atoms with van der Waals surface area (Å²) in [5, 5.41) is 10.3. The SMILES string of the molecule is Cc1cc(C(=O)C2CC2)c(N)cn1.Cc1cc(C(C)(O)C2CC2)c(N)cn1.[Br-].[CH3-].[Mg+2]. The molecule has 0 saturated heterocycles. The van der Waals surface area contributed by atoms with Gasteiger partial charge in [0.15, 0.2) is 5.78 Å². The molecule has 0 aromatic carbocycles. The van der Waals surface area contributed by atoms with Gasteiger partial charge in [-0.15, -0.1) is 0 Å². The quantitative estimate of drug-likeness (QED) is 0.323. The Kier molecular flexibility index (Phi) is 10.9. The van der Waals surface area contributed by atoms with E-state index in [4.69, 9.17) is 11.5 Å². The largest absolute Gasteiger partial charge is 2.00 e. The minimum absolute atomic E-state index is 0. The number of nitrogens with two attached hydrogens (primary N) is 2. The molecule has 8 heteroatoms. The summed E-state index contributed by atoms with van der Waals surface area (Å²) in [7, 11) is 0. The Balaban J connectivity index is 0.000000511. The molecule has 0 bridgehead atoms. The fourth-order valence-electron chi connectivity index (χ4n) is 3.22. The summed E-state index contributed by atoms with van der Waals surface area (Å²) >= 11 is 0. The summed E-state index contributed by atoms with van der Waals surface area (Å²) in [5.74, 6) is 0.777. The van der Waals surface area contributed by atoms with Crippen LogP contribution in [0, 0.1) is 33.1 Å². The van der Waals surface area contributed by atoms with Gasteiger partial charge in [0.2, 0.25) is 0 Å². The standard InChI is InChI=1S/C11H16N2O.C10H12N2O.CH3.BrH.Mg/c1-7-5-9(10(12)6-13-7)11(2,14)8-3-4-8;1-6-4-8(9(11)5-12-6)10(13)7-2-3-7;;;/h5-6,8,14H,3-4,12H2,1-2H3;4-5,7H,2-3,11H2,1H3;1H3;1H;/q;;-1;;+2/p-1. The van der Waals surface area contributed by atoms with Crippen molar-refractivity contribution in [3.63, 3.8) is 0 Å². The third-order valence-electron chi connectivity index (χ3n) is 5.27. The number of aromatic nitrogens is 2. The molecular weight excluding hydrogens is 456 g/mol. The first-order chi connectivity index (χ1) is 12.7. The Bertz CT molecular complexity index is 868. The molecular formula is C22H31BrMgN4O2. The van der Waals surface area contributed by atoms with E-state index in [1.807, 2.05) is 26.8 Å². The molecule has 4 rings (SSSR count). The van der Waals surface area contributed by atoms with Gasteiger partial charge in [0.1, 0.15) is 0 Å². The summed E-state index contributed by atoms with van der Waals surface area (Å²) in [5.41, 5.74) is 15.0. The average molecular weight is 488 g/mol. The molecule has 6 nitrogen and oxygen atoms in total. The Labute approximate surface area is 206 Å². The van der Waals surface area contributed by atoms with Crippen molar-refractivity contribution < 1.29 is 26.9 Å². The van der Waals surface area contributed by atoms with E-state index in [0.29, 0.717) is 22.9 Å². The number of nitrogens with zero attached hydrogens (tertiary/aromatic N) is 2. The van der Waals surface area contributed by atoms with Crippen molar-refractivity contribution in [2.75, 3.05) is 11.5 Å². The summed E-state index contributed by atoms with van der Waals surface area (Å²) in [4.78, 5) is 19.8. The first-order valence-electron chi connectivity index (χ1n) is 9.41. The van der Waals surface area contributed by atoms with Crippen LogP contribution in [-0.2, 0) is 5.60 Å². The van der Waals surface area contributed by atoms with Crippen LogP contribution in [0.1, 0.15) is 59.9 Å². The van der Waals surface area contributed by atoms with Crippen LogP contribution in [0.4, 0.5) is 11.4 Å². The van der Waals surface area contributed by atoms with Crippen LogP contribution in [0.25, 0.3) is 0 Å². The average Bonchev–Trinajstić information content (AvgIpc) is 3.49. The molecule has 5 N–H and O–H groups in total. The number of rotatable bonds is 4. The second-order valence-electron chi connectivity index (χ2n) is 7.89. The molecule has 2 aromatic rings. The van der Waals surface area contributed by atoms with Gasteiger partial charge in [-0.3, -0.25) is 14.8 Å². The second-order valence-corrected chi connectivity index (χ2v) is 7.89. The molecule has 1 atom stereocenters. The molecule has 2 aliphatic carbocycles. The van der Waals surface area contributed by atoms with Crippen molar-refractivity contribution >= 4 is 40.2 Å². The number of ketones is 1. The number of carbonyl (C=O) groups is 1. The Morgan fingerprint density at radius 1 is 1.03 bits per heavy atom. The molecule has 2 fully saturated rings. The van der Waals surface area contributed by atoms with Gasteiger partial charge in [-0.05, 0) is 64.5 Å². The van der Waals surface area contributed by atoms with Gasteiger partial charge in [-0.2, -0.15) is 0 Å². The normalized spacial score (nSPS) is 16.4. The molecule has 30 heavy (non-hydrogen) atoms. The predicted octanol–water partition coefficient (Wildman–Crippen LogP) is 0.228. The number of Topliss-reactive ketones (excluding diaryl/α,β-unsaturated/α-hetero) is 1. The van der Waals surface area contributed by atoms with Crippen molar-refractivity contribution in [2.45, 2.75) is 52.1 Å². The molecule has 0 amide bonds. The van der Waals surface area contributed by atoms with Crippen molar-refractivity contribution in [2.24, 2.45) is 11.8 Å². The molecule has 2 aliphatic rings. The summed E-state index contributed by atoms with van der Waals surface area (Å²) in [6, 6.07) is 3.66. The zero-order valence-electron chi connectivity index (χ0n) is 18.3. The zero-order valence-corrected chi connectivity index (χ0v) is 21.3. The number of hydrogen-bond donors (Lipinski definition) is 3. The minimum Gasteiger partial charge on any atom is -1.00 e. The molecule has 1 unspecified atom stereocenters. The number of aliphatic hydroxyl groups is 1. The van der Waals surface area contributed by atoms with Gasteiger partial charge in [0.25, 0.3) is 0 Å². The smallest absolute Gasteiger partial charge is 1.00 e. The Morgan fingerprint density at radius 2 is 1.53 bits per heavy atom. The molecule has 0 aliphatic heterocycles. The van der Waals surface area contributed by atoms with Gasteiger partial charge >= 0.3 is 23.1 Å². The number of nitrogen functional groups attached to an aromatic ring is 2. The zero-order chi connectivity index (χ0) is 19.8. The second kappa shape index (κ2) is 11.4. The summed E-state index contributed by atoms with van der Waals surface area (Å²) < 4.78 is 0. The van der Waals surface area contributed by atoms with E-state index in [1.54, 1.807) is 18.5 Å². The number of hydrogen-bond acceptors (Lipinski definition) is 6. The predicted molar refractivity (Wildman–Crippen MR) is 118 cm³/mol. The van der Waals surface area contributed by atoms with Gasteiger partial charge in [-0.25, -0.2) is 0 Å². The van der Waals surface area contributed by atoms with Crippen LogP contribution in [-0.4, -0.2) is 43.9 Å². The van der Waals surface area contributed by atoms with E-state index >= 15 is 0 Å². The van der Waals surface area contributed by atoms with E-state index in [2.05, 4.69) is 9.97 Å². The maximum Gasteiger partial charge on any atom is 2.00 e. The molecule has 2 saturated carbocycles. The van der Waals surface area contributed by atoms with Crippen LogP contribution in [0.2, 0.25) is 0 Å². The fourth-order valence-corrected chi connectivity index (χ4v) is 3.22. The van der Waals surface area contributed by atoms with Gasteiger partial charge < -0.3 is 41.0 Å². The molecule has 2 aromatic heterocycles. The maximum absolute atomic E-state index is 11.7. The van der Waals surface area contributed by atoms with Crippen molar-refractivity contribution in [1.29, 1.82) is 0 Å². The number of carbonyl (C=O) groups excluding carboxylic acids is 1. The van der Waals surface area contributed by atoms with E-state index in [-0.39, 0.29) is 59.2 Å². The van der Waals surface area contributed by atoms with Crippen LogP contribution < -0.4 is 28.4 Å². The van der Waals surface area contributed by atoms with Crippen LogP contribution in [0.5, 0.6) is 0 Å². The number of aryl methyl sites for hydroxylation is 2. The molecule has 0 radical (unpaired) electrons. The van der Waals surface area contributed by atoms with Crippen LogP contribution in [0.3, 0.4) is 0 Å². The number of halogens is 1. The minimum atomic E-state index is -0.780. The fraction of sp³-hybridized carbons (Fsp3) is 0.455. The maximum atomic E-state index is 11.7. The van der Waals surface area contributed by atoms with Crippen LogP contribution in [0.15, 0.2) is 24.5 Å². The summed E-state index contributed by atoms with van der Waals surface area (Å²) in [6.45, 7) is 5.62. The molecule has 0 spiro atoms. The third-order valence-corrected chi connectivity index (χ3v) is 5.27. The van der Waals surface area contributed by atoms with E-state index in [0.717, 1.165) is 42.6 Å². The third kappa shape index (κ3) is 6.90. The van der Waals surface area contributed by atoms with E-state index in [1.165, 1.54) is 0 Å². The topological polar surface area (TPSA) is 115 Å². The van der Waals surface area contributed by atoms with Gasteiger partial charge in [0.05, 0.1) is 29.4 Å². The Hall–Kier alpha value is -1.22. The molecule has 160 valence electrons. The van der Waals surface area contributed by atoms with E-state index < -0.39 is 5.60 Å². The van der Waals surface area contributed by atoms with E-state index in [9.17, 15) is 9.90 Å². The summed E-state index contributed by atoms with van der Waals surface area (Å²) in [6.07, 6.45) is 7.40. The van der Waals surface area contributed by atoms with Crippen molar-refractivity contribution in [3.8, 4) is 0 Å². The first-order valence-corrected chi connectivity index (χ1v) is 9.41. The number of anilines is 2. The first kappa shape index (κ1) is 28.8. The monoisotopic (exact) mass is 486 g/mol. The Morgan fingerprint density at radius 3 is 2.03 bits per heavy atom. The van der Waals surface area contributed by atoms with Crippen molar-refractivity contribution in [1.82, 2.24) is 9.97 Å². The molecule has 2 heterocycles. The van der Waals surface area contributed by atoms with Gasteiger partial charge in [0, 0.05) is 28.4 Å².